The first-order valence-electron chi connectivity index (χ1n) is 8.03. The van der Waals surface area contributed by atoms with E-state index in [1.54, 1.807) is 12.1 Å². The lowest BCUT2D eigenvalue weighted by atomic mass is 9.83. The third-order valence-corrected chi connectivity index (χ3v) is 4.31. The third-order valence-electron chi connectivity index (χ3n) is 4.07. The molecule has 1 amide bonds. The summed E-state index contributed by atoms with van der Waals surface area (Å²) in [5, 5.41) is 13.2. The summed E-state index contributed by atoms with van der Waals surface area (Å²) in [5.41, 5.74) is 6.69. The summed E-state index contributed by atoms with van der Waals surface area (Å²) in [5.74, 6) is 0.533. The zero-order chi connectivity index (χ0) is 17.0. The number of benzene rings is 1. The Morgan fingerprint density at radius 2 is 2.22 bits per heavy atom. The molecular weight excluding hydrogens is 316 g/mol. The van der Waals surface area contributed by atoms with Crippen molar-refractivity contribution in [2.24, 2.45) is 11.7 Å². The highest BCUT2D eigenvalue weighted by atomic mass is 35.5. The monoisotopic (exact) mass is 340 g/mol. The third kappa shape index (κ3) is 5.09. The maximum absolute atomic E-state index is 12.3. The second-order valence-corrected chi connectivity index (χ2v) is 6.81. The van der Waals surface area contributed by atoms with E-state index >= 15 is 0 Å². The zero-order valence-corrected chi connectivity index (χ0v) is 14.3. The summed E-state index contributed by atoms with van der Waals surface area (Å²) in [6, 6.07) is 5.06. The molecule has 1 fully saturated rings. The number of aliphatic hydroxyl groups excluding tert-OH is 1. The lowest BCUT2D eigenvalue weighted by Gasteiger charge is -2.30. The number of nitrogens with two attached hydrogens (primary N) is 1. The van der Waals surface area contributed by atoms with Gasteiger partial charge < -0.3 is 20.9 Å². The molecule has 0 aliphatic heterocycles. The molecule has 0 unspecified atom stereocenters. The Bertz CT molecular complexity index is 551. The number of nitrogens with one attached hydrogen (secondary N) is 1. The van der Waals surface area contributed by atoms with Crippen LogP contribution in [-0.4, -0.2) is 29.3 Å². The summed E-state index contributed by atoms with van der Waals surface area (Å²) >= 11 is 6.04. The van der Waals surface area contributed by atoms with E-state index in [1.807, 2.05) is 19.9 Å². The van der Waals surface area contributed by atoms with Crippen LogP contribution in [0.1, 0.15) is 38.7 Å². The van der Waals surface area contributed by atoms with Gasteiger partial charge in [0.05, 0.1) is 12.2 Å². The van der Waals surface area contributed by atoms with Crippen molar-refractivity contribution in [1.82, 2.24) is 5.32 Å². The van der Waals surface area contributed by atoms with Crippen LogP contribution in [0.25, 0.3) is 0 Å². The summed E-state index contributed by atoms with van der Waals surface area (Å²) in [7, 11) is 0. The minimum absolute atomic E-state index is 0.0391. The molecular formula is C17H25ClN2O3. The van der Waals surface area contributed by atoms with Gasteiger partial charge in [-0.05, 0) is 51.3 Å². The van der Waals surface area contributed by atoms with Crippen molar-refractivity contribution in [2.75, 3.05) is 0 Å². The number of ether oxygens (including phenoxy) is 1. The highest BCUT2D eigenvalue weighted by Crippen LogP contribution is 2.26. The van der Waals surface area contributed by atoms with Crippen molar-refractivity contribution < 1.29 is 14.6 Å². The Morgan fingerprint density at radius 1 is 1.48 bits per heavy atom. The largest absolute Gasteiger partial charge is 0.491 e. The number of carbonyl (C=O) groups excluding carboxylic acids is 1. The van der Waals surface area contributed by atoms with E-state index in [0.29, 0.717) is 30.8 Å². The average Bonchev–Trinajstić information content (AvgIpc) is 2.49. The molecule has 0 saturated heterocycles. The topological polar surface area (TPSA) is 84.6 Å². The van der Waals surface area contributed by atoms with Gasteiger partial charge >= 0.3 is 0 Å². The lowest BCUT2D eigenvalue weighted by molar-refractivity contribution is -0.127. The molecule has 1 aliphatic rings. The molecule has 1 saturated carbocycles. The first-order chi connectivity index (χ1) is 10.9. The molecule has 0 aromatic heterocycles. The van der Waals surface area contributed by atoms with Crippen molar-refractivity contribution in [3.05, 3.63) is 28.8 Å². The number of aliphatic hydroxyl groups is 1. The first kappa shape index (κ1) is 18.0. The van der Waals surface area contributed by atoms with Crippen LogP contribution >= 0.6 is 11.6 Å². The van der Waals surface area contributed by atoms with E-state index in [0.717, 1.165) is 11.3 Å². The van der Waals surface area contributed by atoms with Gasteiger partial charge in [0.2, 0.25) is 5.91 Å². The van der Waals surface area contributed by atoms with Crippen LogP contribution in [0.4, 0.5) is 0 Å². The fourth-order valence-corrected chi connectivity index (χ4v) is 3.00. The fraction of sp³-hybridized carbons (Fsp3) is 0.588. The molecule has 0 heterocycles. The summed E-state index contributed by atoms with van der Waals surface area (Å²) in [6.45, 7) is 4.26. The molecule has 128 valence electrons. The first-order valence-corrected chi connectivity index (χ1v) is 8.41. The summed E-state index contributed by atoms with van der Waals surface area (Å²) < 4.78 is 5.75. The van der Waals surface area contributed by atoms with E-state index in [1.165, 1.54) is 0 Å². The maximum atomic E-state index is 12.3. The van der Waals surface area contributed by atoms with Crippen molar-refractivity contribution in [3.8, 4) is 5.75 Å². The average molecular weight is 341 g/mol. The Labute approximate surface area is 142 Å². The van der Waals surface area contributed by atoms with Crippen LogP contribution in [0.5, 0.6) is 5.75 Å². The Hall–Kier alpha value is -1.30. The van der Waals surface area contributed by atoms with Crippen LogP contribution in [0.3, 0.4) is 0 Å². The standard InChI is InChI=1S/C17H25ClN2O3/c1-10(2)23-16-6-4-13(18)7-12(16)9-20-17(22)11-3-5-15(21)14(19)8-11/h4,6-7,10-11,14-15,21H,3,5,8-9,19H2,1-2H3,(H,20,22)/t11-,14+,15+/m0/s1. The van der Waals surface area contributed by atoms with Gasteiger partial charge in [-0.15, -0.1) is 0 Å². The second kappa shape index (κ2) is 7.99. The number of hydrogen-bond donors (Lipinski definition) is 3. The van der Waals surface area contributed by atoms with Gasteiger partial charge in [0.1, 0.15) is 5.75 Å². The Kier molecular flexibility index (Phi) is 6.27. The van der Waals surface area contributed by atoms with Gasteiger partial charge in [-0.25, -0.2) is 0 Å². The number of amides is 1. The predicted molar refractivity (Wildman–Crippen MR) is 90.4 cm³/mol. The molecule has 1 aliphatic carbocycles. The molecule has 2 rings (SSSR count). The quantitative estimate of drug-likeness (QED) is 0.767. The predicted octanol–water partition coefficient (Wildman–Crippen LogP) is 2.23. The molecule has 1 aromatic carbocycles. The molecule has 0 radical (unpaired) electrons. The van der Waals surface area contributed by atoms with Crippen LogP contribution in [0.2, 0.25) is 5.02 Å². The Balaban J connectivity index is 1.97. The van der Waals surface area contributed by atoms with Crippen LogP contribution in [0, 0.1) is 5.92 Å². The maximum Gasteiger partial charge on any atom is 0.223 e. The highest BCUT2D eigenvalue weighted by Gasteiger charge is 2.30. The minimum atomic E-state index is -0.502. The van der Waals surface area contributed by atoms with E-state index in [9.17, 15) is 9.90 Å². The van der Waals surface area contributed by atoms with Crippen molar-refractivity contribution in [3.63, 3.8) is 0 Å². The summed E-state index contributed by atoms with van der Waals surface area (Å²) in [6.07, 6.45) is 1.28. The summed E-state index contributed by atoms with van der Waals surface area (Å²) in [4.78, 5) is 12.3. The van der Waals surface area contributed by atoms with E-state index < -0.39 is 6.10 Å². The van der Waals surface area contributed by atoms with E-state index in [-0.39, 0.29) is 24.0 Å². The minimum Gasteiger partial charge on any atom is -0.491 e. The lowest BCUT2D eigenvalue weighted by Crippen LogP contribution is -2.44. The fourth-order valence-electron chi connectivity index (χ4n) is 2.81. The molecule has 3 atom stereocenters. The molecule has 5 nitrogen and oxygen atoms in total. The van der Waals surface area contributed by atoms with Crippen LogP contribution in [0.15, 0.2) is 18.2 Å². The van der Waals surface area contributed by atoms with Crippen LogP contribution < -0.4 is 15.8 Å². The normalized spacial score (nSPS) is 24.5. The SMILES string of the molecule is CC(C)Oc1ccc(Cl)cc1CNC(=O)[C@H]1CC[C@@H](O)[C@H](N)C1. The molecule has 1 aromatic rings. The molecule has 23 heavy (non-hydrogen) atoms. The van der Waals surface area contributed by atoms with Gasteiger partial charge in [-0.3, -0.25) is 4.79 Å². The van der Waals surface area contributed by atoms with Gasteiger partial charge in [0.25, 0.3) is 0 Å². The van der Waals surface area contributed by atoms with Crippen molar-refractivity contribution in [1.29, 1.82) is 0 Å². The second-order valence-electron chi connectivity index (χ2n) is 6.38. The zero-order valence-electron chi connectivity index (χ0n) is 13.6. The van der Waals surface area contributed by atoms with Crippen molar-refractivity contribution >= 4 is 17.5 Å². The highest BCUT2D eigenvalue weighted by molar-refractivity contribution is 6.30. The van der Waals surface area contributed by atoms with Gasteiger partial charge in [-0.1, -0.05) is 11.6 Å². The molecule has 0 spiro atoms. The van der Waals surface area contributed by atoms with Gasteiger partial charge in [0.15, 0.2) is 0 Å². The van der Waals surface area contributed by atoms with E-state index in [2.05, 4.69) is 5.32 Å². The molecule has 6 heteroatoms. The number of halogens is 1. The molecule has 4 N–H and O–H groups in total. The molecule has 0 bridgehead atoms. The Morgan fingerprint density at radius 3 is 2.87 bits per heavy atom. The smallest absolute Gasteiger partial charge is 0.223 e. The number of hydrogen-bond acceptors (Lipinski definition) is 4. The van der Waals surface area contributed by atoms with Crippen molar-refractivity contribution in [2.45, 2.75) is 57.9 Å². The number of carbonyl (C=O) groups is 1. The van der Waals surface area contributed by atoms with E-state index in [4.69, 9.17) is 22.1 Å². The number of rotatable bonds is 5. The van der Waals surface area contributed by atoms with Crippen LogP contribution in [-0.2, 0) is 11.3 Å². The van der Waals surface area contributed by atoms with Gasteiger partial charge in [0, 0.05) is 29.1 Å². The van der Waals surface area contributed by atoms with Gasteiger partial charge in [-0.2, -0.15) is 0 Å².